The van der Waals surface area contributed by atoms with Gasteiger partial charge >= 0.3 is 0 Å². The van der Waals surface area contributed by atoms with E-state index in [0.29, 0.717) is 0 Å². The van der Waals surface area contributed by atoms with E-state index < -0.39 is 0 Å². The number of rotatable bonds is 0. The predicted octanol–water partition coefficient (Wildman–Crippen LogP) is -2.47. The molecule has 0 spiro atoms. The van der Waals surface area contributed by atoms with Gasteiger partial charge in [-0.25, -0.2) is 4.98 Å². The third kappa shape index (κ3) is 9.74. The lowest BCUT2D eigenvalue weighted by Crippen LogP contribution is -3.00. The van der Waals surface area contributed by atoms with Gasteiger partial charge in [0.2, 0.25) is 0 Å². The molecule has 2 heterocycles. The van der Waals surface area contributed by atoms with Gasteiger partial charge in [0.05, 0.1) is 13.2 Å². The van der Waals surface area contributed by atoms with Crippen LogP contribution in [-0.2, 0) is 4.74 Å². The maximum atomic E-state index is 5.01. The average molecular weight is 239 g/mol. The molecule has 0 saturated carbocycles. The molecule has 0 unspecified atom stereocenters. The quantitative estimate of drug-likeness (QED) is 0.544. The highest BCUT2D eigenvalue weighted by atomic mass is 35.5. The van der Waals surface area contributed by atoms with Crippen LogP contribution < -0.4 is 22.7 Å². The Morgan fingerprint density at radius 2 is 1.57 bits per heavy atom. The number of halogens is 2. The summed E-state index contributed by atoms with van der Waals surface area (Å²) in [4.78, 5) is 2.89. The van der Waals surface area contributed by atoms with Gasteiger partial charge in [-0.15, -0.1) is 12.4 Å². The van der Waals surface area contributed by atoms with E-state index in [0.717, 1.165) is 26.3 Å². The summed E-state index contributed by atoms with van der Waals surface area (Å²) in [6, 6.07) is 5.86. The van der Waals surface area contributed by atoms with Gasteiger partial charge in [0.1, 0.15) is 0 Å². The Morgan fingerprint density at radius 3 is 1.71 bits per heavy atom. The minimum absolute atomic E-state index is 0. The van der Waals surface area contributed by atoms with Crippen molar-refractivity contribution in [2.24, 2.45) is 0 Å². The number of aromatic amines is 1. The first kappa shape index (κ1) is 16.1. The van der Waals surface area contributed by atoms with Crippen molar-refractivity contribution in [2.75, 3.05) is 26.3 Å². The van der Waals surface area contributed by atoms with Gasteiger partial charge in [-0.1, -0.05) is 6.07 Å². The molecule has 1 aromatic heterocycles. The lowest BCUT2D eigenvalue weighted by molar-refractivity contribution is -0.377. The van der Waals surface area contributed by atoms with E-state index >= 15 is 0 Å². The second-order valence-electron chi connectivity index (χ2n) is 2.44. The first-order valence-electron chi connectivity index (χ1n) is 4.20. The van der Waals surface area contributed by atoms with E-state index in [4.69, 9.17) is 4.74 Å². The van der Waals surface area contributed by atoms with E-state index in [1.54, 1.807) is 0 Å². The Morgan fingerprint density at radius 1 is 1.00 bits per heavy atom. The van der Waals surface area contributed by atoms with Crippen molar-refractivity contribution in [2.45, 2.75) is 0 Å². The standard InChI is InChI=1S/C5H5N.C4H9NO.2ClH/c1-2-4-6-5-3-1;1-3-6-4-2-5-1;;/h1-5H;5H,1-4H2;2*1H. The molecule has 0 aromatic carbocycles. The second-order valence-corrected chi connectivity index (χ2v) is 2.44. The molecule has 3 nitrogen and oxygen atoms in total. The fraction of sp³-hybridized carbons (Fsp3) is 0.444. The number of pyridine rings is 1. The molecular formula is C9H16Cl2N2O. The molecule has 82 valence electrons. The lowest BCUT2D eigenvalue weighted by atomic mass is 10.5. The Bertz CT molecular complexity index is 145. The summed E-state index contributed by atoms with van der Waals surface area (Å²) >= 11 is 0. The molecule has 0 radical (unpaired) electrons. The average Bonchev–Trinajstić information content (AvgIpc) is 2.24. The molecule has 5 heteroatoms. The van der Waals surface area contributed by atoms with Crippen LogP contribution in [0.25, 0.3) is 0 Å². The number of morpholine rings is 1. The summed E-state index contributed by atoms with van der Waals surface area (Å²) in [7, 11) is 0. The molecule has 0 atom stereocenters. The van der Waals surface area contributed by atoms with Crippen LogP contribution >= 0.6 is 12.4 Å². The van der Waals surface area contributed by atoms with Gasteiger partial charge in [-0.05, 0) is 0 Å². The Balaban J connectivity index is 0. The van der Waals surface area contributed by atoms with Gasteiger partial charge in [0, 0.05) is 25.2 Å². The predicted molar refractivity (Wildman–Crippen MR) is 53.9 cm³/mol. The maximum absolute atomic E-state index is 5.01. The van der Waals surface area contributed by atoms with Crippen molar-refractivity contribution in [3.05, 3.63) is 30.6 Å². The summed E-state index contributed by atoms with van der Waals surface area (Å²) < 4.78 is 5.01. The fourth-order valence-electron chi connectivity index (χ4n) is 0.858. The molecule has 2 rings (SSSR count). The molecular weight excluding hydrogens is 223 g/mol. The Hall–Kier alpha value is -0.350. The zero-order valence-electron chi connectivity index (χ0n) is 7.91. The van der Waals surface area contributed by atoms with Crippen LogP contribution in [0.3, 0.4) is 0 Å². The van der Waals surface area contributed by atoms with Gasteiger partial charge in [0.15, 0.2) is 12.4 Å². The van der Waals surface area contributed by atoms with E-state index in [1.165, 1.54) is 0 Å². The topological polar surface area (TPSA) is 35.4 Å². The van der Waals surface area contributed by atoms with Crippen LogP contribution in [0, 0.1) is 0 Å². The number of hydrogen-bond donors (Lipinski definition) is 1. The molecule has 2 N–H and O–H groups in total. The highest BCUT2D eigenvalue weighted by Gasteiger charge is 1.92. The zero-order chi connectivity index (χ0) is 8.49. The summed E-state index contributed by atoms with van der Waals surface area (Å²) in [6.45, 7) is 3.83. The monoisotopic (exact) mass is 238 g/mol. The first-order chi connectivity index (χ1) is 6.00. The lowest BCUT2D eigenvalue weighted by Gasteiger charge is -2.10. The van der Waals surface area contributed by atoms with Gasteiger partial charge < -0.3 is 22.5 Å². The van der Waals surface area contributed by atoms with Crippen molar-refractivity contribution in [3.8, 4) is 0 Å². The van der Waals surface area contributed by atoms with E-state index in [9.17, 15) is 0 Å². The summed E-state index contributed by atoms with van der Waals surface area (Å²) in [5.74, 6) is 0. The highest BCUT2D eigenvalue weighted by molar-refractivity contribution is 5.85. The molecule has 1 aliphatic rings. The Labute approximate surface area is 97.1 Å². The first-order valence-corrected chi connectivity index (χ1v) is 4.20. The molecule has 1 fully saturated rings. The smallest absolute Gasteiger partial charge is 0.166 e. The number of H-pyrrole nitrogens is 1. The number of hydrogen-bond acceptors (Lipinski definition) is 2. The van der Waals surface area contributed by atoms with Gasteiger partial charge in [-0.2, -0.15) is 0 Å². The number of aromatic nitrogens is 1. The molecule has 14 heavy (non-hydrogen) atoms. The third-order valence-corrected chi connectivity index (χ3v) is 1.45. The number of ether oxygens (including phenoxy) is 1. The zero-order valence-corrected chi connectivity index (χ0v) is 9.48. The number of nitrogens with one attached hydrogen (secondary N) is 2. The van der Waals surface area contributed by atoms with Gasteiger partial charge in [-0.3, -0.25) is 0 Å². The summed E-state index contributed by atoms with van der Waals surface area (Å²) in [6.07, 6.45) is 3.75. The molecule has 1 aromatic rings. The molecule has 0 bridgehead atoms. The van der Waals surface area contributed by atoms with Crippen molar-refractivity contribution in [1.29, 1.82) is 0 Å². The molecule has 1 aliphatic heterocycles. The highest BCUT2D eigenvalue weighted by Crippen LogP contribution is 1.76. The minimum Gasteiger partial charge on any atom is -1.00 e. The second kappa shape index (κ2) is 12.7. The third-order valence-electron chi connectivity index (χ3n) is 1.45. The van der Waals surface area contributed by atoms with Crippen molar-refractivity contribution in [1.82, 2.24) is 5.32 Å². The fourth-order valence-corrected chi connectivity index (χ4v) is 0.858. The normalized spacial score (nSPS) is 13.7. The van der Waals surface area contributed by atoms with E-state index in [1.807, 2.05) is 30.6 Å². The van der Waals surface area contributed by atoms with Crippen LogP contribution in [0.1, 0.15) is 0 Å². The van der Waals surface area contributed by atoms with Crippen LogP contribution in [0.5, 0.6) is 0 Å². The Kier molecular flexibility index (Phi) is 14.5. The molecule has 0 amide bonds. The van der Waals surface area contributed by atoms with Crippen LogP contribution in [0.15, 0.2) is 30.6 Å². The summed E-state index contributed by atoms with van der Waals surface area (Å²) in [5, 5.41) is 3.16. The minimum atomic E-state index is 0. The van der Waals surface area contributed by atoms with Crippen molar-refractivity contribution in [3.63, 3.8) is 0 Å². The van der Waals surface area contributed by atoms with Crippen LogP contribution in [0.2, 0.25) is 0 Å². The molecule has 1 saturated heterocycles. The largest absolute Gasteiger partial charge is 1.00 e. The van der Waals surface area contributed by atoms with Gasteiger partial charge in [0.25, 0.3) is 0 Å². The van der Waals surface area contributed by atoms with Crippen molar-refractivity contribution < 1.29 is 22.1 Å². The SMILES string of the molecule is C1COCCN1.Cl.[Cl-].c1cc[nH+]cc1. The van der Waals surface area contributed by atoms with Crippen molar-refractivity contribution >= 4 is 12.4 Å². The van der Waals surface area contributed by atoms with Crippen LogP contribution in [0.4, 0.5) is 0 Å². The van der Waals surface area contributed by atoms with E-state index in [2.05, 4.69) is 10.3 Å². The maximum Gasteiger partial charge on any atom is 0.166 e. The van der Waals surface area contributed by atoms with Crippen LogP contribution in [-0.4, -0.2) is 26.3 Å². The van der Waals surface area contributed by atoms with E-state index in [-0.39, 0.29) is 24.8 Å². The molecule has 0 aliphatic carbocycles. The summed E-state index contributed by atoms with van der Waals surface area (Å²) in [5.41, 5.74) is 0.